The van der Waals surface area contributed by atoms with Gasteiger partial charge in [0.25, 0.3) is 0 Å². The fourth-order valence-electron chi connectivity index (χ4n) is 2.10. The van der Waals surface area contributed by atoms with Gasteiger partial charge in [-0.3, -0.25) is 0 Å². The van der Waals surface area contributed by atoms with Crippen molar-refractivity contribution in [3.8, 4) is 0 Å². The summed E-state index contributed by atoms with van der Waals surface area (Å²) < 4.78 is 2.17. The molecule has 0 radical (unpaired) electrons. The molecule has 2 rings (SSSR count). The van der Waals surface area contributed by atoms with Crippen LogP contribution < -0.4 is 0 Å². The van der Waals surface area contributed by atoms with Gasteiger partial charge in [-0.15, -0.1) is 0 Å². The van der Waals surface area contributed by atoms with Gasteiger partial charge in [-0.1, -0.05) is 6.92 Å². The molecule has 0 spiro atoms. The first-order valence-corrected chi connectivity index (χ1v) is 5.71. The number of nitrogens with zero attached hydrogens (tertiary/aromatic N) is 2. The fourth-order valence-corrected chi connectivity index (χ4v) is 2.10. The van der Waals surface area contributed by atoms with E-state index >= 15 is 0 Å². The molecule has 1 atom stereocenters. The van der Waals surface area contributed by atoms with Gasteiger partial charge >= 0.3 is 0 Å². The molecule has 0 amide bonds. The highest BCUT2D eigenvalue weighted by Gasteiger charge is 2.15. The molecule has 3 heteroatoms. The first-order chi connectivity index (χ1) is 7.31. The van der Waals surface area contributed by atoms with Gasteiger partial charge in [0.15, 0.2) is 0 Å². The van der Waals surface area contributed by atoms with Crippen LogP contribution in [0.5, 0.6) is 0 Å². The first kappa shape index (κ1) is 10.4. The van der Waals surface area contributed by atoms with E-state index in [2.05, 4.69) is 16.5 Å². The van der Waals surface area contributed by atoms with Gasteiger partial charge in [0.2, 0.25) is 0 Å². The number of imidazole rings is 1. The number of hydrogen-bond donors (Lipinski definition) is 1. The summed E-state index contributed by atoms with van der Waals surface area (Å²) in [5.41, 5.74) is 1.20. The van der Waals surface area contributed by atoms with Crippen molar-refractivity contribution in [3.63, 3.8) is 0 Å². The van der Waals surface area contributed by atoms with Crippen LogP contribution in [0, 0.1) is 0 Å². The number of aromatic nitrogens is 2. The highest BCUT2D eigenvalue weighted by molar-refractivity contribution is 5.61. The minimum absolute atomic E-state index is 0.277. The van der Waals surface area contributed by atoms with Gasteiger partial charge in [0.05, 0.1) is 6.10 Å². The first-order valence-electron chi connectivity index (χ1n) is 5.71. The molecule has 1 aromatic rings. The number of aliphatic hydroxyl groups excluding tert-OH is 1. The largest absolute Gasteiger partial charge is 0.389 e. The van der Waals surface area contributed by atoms with Gasteiger partial charge in [0.1, 0.15) is 5.82 Å². The molecule has 1 aromatic heterocycles. The zero-order valence-corrected chi connectivity index (χ0v) is 9.19. The Kier molecular flexibility index (Phi) is 3.21. The Morgan fingerprint density at radius 1 is 1.60 bits per heavy atom. The molecule has 0 saturated heterocycles. The molecule has 1 unspecified atom stereocenters. The van der Waals surface area contributed by atoms with Crippen molar-refractivity contribution in [1.29, 1.82) is 0 Å². The second kappa shape index (κ2) is 4.62. The van der Waals surface area contributed by atoms with Crippen LogP contribution in [-0.4, -0.2) is 20.8 Å². The van der Waals surface area contributed by atoms with Crippen LogP contribution in [-0.2, 0) is 6.54 Å². The van der Waals surface area contributed by atoms with Gasteiger partial charge in [-0.05, 0) is 37.3 Å². The standard InChI is InChI=1S/C12H18N2O/c1-2-7-14-8-6-13-12(14)10-4-3-5-11(15)9-10/h6,8-9,11,15H,2-5,7H2,1H3. The average Bonchev–Trinajstić information content (AvgIpc) is 2.66. The van der Waals surface area contributed by atoms with Crippen molar-refractivity contribution in [1.82, 2.24) is 9.55 Å². The Bertz CT molecular complexity index is 354. The number of hydrogen-bond acceptors (Lipinski definition) is 2. The zero-order valence-electron chi connectivity index (χ0n) is 9.19. The van der Waals surface area contributed by atoms with Gasteiger partial charge in [-0.2, -0.15) is 0 Å². The van der Waals surface area contributed by atoms with Crippen molar-refractivity contribution in [3.05, 3.63) is 24.3 Å². The van der Waals surface area contributed by atoms with Gasteiger partial charge in [0, 0.05) is 18.9 Å². The molecular weight excluding hydrogens is 188 g/mol. The van der Waals surface area contributed by atoms with E-state index in [1.54, 1.807) is 0 Å². The van der Waals surface area contributed by atoms with E-state index in [-0.39, 0.29) is 6.10 Å². The minimum atomic E-state index is -0.277. The summed E-state index contributed by atoms with van der Waals surface area (Å²) in [4.78, 5) is 4.38. The molecule has 0 bridgehead atoms. The molecule has 15 heavy (non-hydrogen) atoms. The Morgan fingerprint density at radius 2 is 2.47 bits per heavy atom. The SMILES string of the molecule is CCCn1ccnc1C1=CC(O)CCC1. The lowest BCUT2D eigenvalue weighted by Crippen LogP contribution is -2.11. The maximum absolute atomic E-state index is 9.59. The molecule has 3 nitrogen and oxygen atoms in total. The van der Waals surface area contributed by atoms with Crippen molar-refractivity contribution >= 4 is 5.57 Å². The van der Waals surface area contributed by atoms with Crippen molar-refractivity contribution in [2.24, 2.45) is 0 Å². The molecule has 82 valence electrons. The summed E-state index contributed by atoms with van der Waals surface area (Å²) in [6, 6.07) is 0. The Hall–Kier alpha value is -1.09. The third-order valence-corrected chi connectivity index (χ3v) is 2.81. The van der Waals surface area contributed by atoms with E-state index in [4.69, 9.17) is 0 Å². The van der Waals surface area contributed by atoms with Crippen molar-refractivity contribution in [2.45, 2.75) is 45.3 Å². The topological polar surface area (TPSA) is 38.0 Å². The number of rotatable bonds is 3. The lowest BCUT2D eigenvalue weighted by Gasteiger charge is -2.17. The fraction of sp³-hybridized carbons (Fsp3) is 0.583. The van der Waals surface area contributed by atoms with Crippen LogP contribution >= 0.6 is 0 Å². The monoisotopic (exact) mass is 206 g/mol. The molecular formula is C12H18N2O. The summed E-state index contributed by atoms with van der Waals surface area (Å²) in [7, 11) is 0. The maximum Gasteiger partial charge on any atom is 0.135 e. The second-order valence-corrected chi connectivity index (χ2v) is 4.10. The maximum atomic E-state index is 9.59. The molecule has 0 aromatic carbocycles. The molecule has 1 heterocycles. The van der Waals surface area contributed by atoms with E-state index in [1.807, 2.05) is 18.5 Å². The summed E-state index contributed by atoms with van der Waals surface area (Å²) >= 11 is 0. The van der Waals surface area contributed by atoms with E-state index < -0.39 is 0 Å². The predicted octanol–water partition coefficient (Wildman–Crippen LogP) is 2.22. The molecule has 0 aliphatic heterocycles. The van der Waals surface area contributed by atoms with Crippen LogP contribution in [0.15, 0.2) is 18.5 Å². The summed E-state index contributed by atoms with van der Waals surface area (Å²) in [5.74, 6) is 1.04. The Balaban J connectivity index is 2.24. The predicted molar refractivity (Wildman–Crippen MR) is 60.4 cm³/mol. The van der Waals surface area contributed by atoms with Crippen LogP contribution in [0.2, 0.25) is 0 Å². The highest BCUT2D eigenvalue weighted by atomic mass is 16.3. The van der Waals surface area contributed by atoms with Gasteiger partial charge < -0.3 is 9.67 Å². The van der Waals surface area contributed by atoms with Crippen molar-refractivity contribution in [2.75, 3.05) is 0 Å². The molecule has 0 saturated carbocycles. The molecule has 1 aliphatic rings. The number of aliphatic hydroxyl groups is 1. The smallest absolute Gasteiger partial charge is 0.135 e. The average molecular weight is 206 g/mol. The molecule has 1 aliphatic carbocycles. The highest BCUT2D eigenvalue weighted by Crippen LogP contribution is 2.25. The van der Waals surface area contributed by atoms with E-state index in [9.17, 15) is 5.11 Å². The summed E-state index contributed by atoms with van der Waals surface area (Å²) in [5, 5.41) is 9.59. The van der Waals surface area contributed by atoms with Crippen LogP contribution in [0.1, 0.15) is 38.4 Å². The molecule has 0 fully saturated rings. The van der Waals surface area contributed by atoms with Crippen LogP contribution in [0.4, 0.5) is 0 Å². The Morgan fingerprint density at radius 3 is 3.20 bits per heavy atom. The van der Waals surface area contributed by atoms with Crippen LogP contribution in [0.3, 0.4) is 0 Å². The van der Waals surface area contributed by atoms with E-state index in [0.29, 0.717) is 0 Å². The summed E-state index contributed by atoms with van der Waals surface area (Å²) in [6.07, 6.45) is 9.63. The summed E-state index contributed by atoms with van der Waals surface area (Å²) in [6.45, 7) is 3.16. The van der Waals surface area contributed by atoms with Gasteiger partial charge in [-0.25, -0.2) is 4.98 Å². The Labute approximate surface area is 90.5 Å². The normalized spacial score (nSPS) is 21.5. The number of aryl methyl sites for hydroxylation is 1. The van der Waals surface area contributed by atoms with E-state index in [0.717, 1.165) is 38.1 Å². The quantitative estimate of drug-likeness (QED) is 0.823. The van der Waals surface area contributed by atoms with Crippen molar-refractivity contribution < 1.29 is 5.11 Å². The van der Waals surface area contributed by atoms with E-state index in [1.165, 1.54) is 5.57 Å². The lowest BCUT2D eigenvalue weighted by molar-refractivity contribution is 0.206. The third kappa shape index (κ3) is 2.29. The number of allylic oxidation sites excluding steroid dienone is 1. The minimum Gasteiger partial charge on any atom is -0.389 e. The third-order valence-electron chi connectivity index (χ3n) is 2.81. The lowest BCUT2D eigenvalue weighted by atomic mass is 9.97. The van der Waals surface area contributed by atoms with Crippen LogP contribution in [0.25, 0.3) is 5.57 Å². The molecule has 1 N–H and O–H groups in total. The zero-order chi connectivity index (χ0) is 10.7. The second-order valence-electron chi connectivity index (χ2n) is 4.10.